The van der Waals surface area contributed by atoms with Gasteiger partial charge in [0.1, 0.15) is 5.82 Å². The molecule has 0 aromatic heterocycles. The van der Waals surface area contributed by atoms with E-state index in [1.807, 2.05) is 0 Å². The van der Waals surface area contributed by atoms with Crippen LogP contribution in [0.1, 0.15) is 5.56 Å². The first-order valence-corrected chi connectivity index (χ1v) is 6.90. The van der Waals surface area contributed by atoms with Crippen molar-refractivity contribution >= 4 is 28.9 Å². The maximum atomic E-state index is 13.7. The van der Waals surface area contributed by atoms with Gasteiger partial charge in [0.05, 0.1) is 24.9 Å². The van der Waals surface area contributed by atoms with Gasteiger partial charge in [0, 0.05) is 29.3 Å². The molecule has 0 fully saturated rings. The zero-order valence-electron chi connectivity index (χ0n) is 11.5. The fourth-order valence-electron chi connectivity index (χ4n) is 1.87. The minimum absolute atomic E-state index is 0.209. The van der Waals surface area contributed by atoms with Gasteiger partial charge in [0.15, 0.2) is 11.5 Å². The predicted octanol–water partition coefficient (Wildman–Crippen LogP) is 4.76. The molecule has 2 rings (SSSR count). The van der Waals surface area contributed by atoms with E-state index < -0.39 is 0 Å². The maximum absolute atomic E-state index is 13.7. The van der Waals surface area contributed by atoms with Gasteiger partial charge in [-0.05, 0) is 12.1 Å². The number of hydrogen-bond donors (Lipinski definition) is 1. The molecule has 0 aliphatic carbocycles. The van der Waals surface area contributed by atoms with E-state index in [2.05, 4.69) is 5.32 Å². The van der Waals surface area contributed by atoms with Crippen molar-refractivity contribution in [3.63, 3.8) is 0 Å². The summed E-state index contributed by atoms with van der Waals surface area (Å²) in [5.41, 5.74) is 0.985. The molecule has 0 atom stereocenters. The summed E-state index contributed by atoms with van der Waals surface area (Å²) in [7, 11) is 3.06. The third kappa shape index (κ3) is 3.52. The van der Waals surface area contributed by atoms with Crippen molar-refractivity contribution < 1.29 is 13.9 Å². The Labute approximate surface area is 132 Å². The van der Waals surface area contributed by atoms with Crippen molar-refractivity contribution in [1.29, 1.82) is 0 Å². The Morgan fingerprint density at radius 3 is 2.33 bits per heavy atom. The number of hydrogen-bond acceptors (Lipinski definition) is 3. The first kappa shape index (κ1) is 15.7. The third-order valence-corrected chi connectivity index (χ3v) is 3.66. The first-order chi connectivity index (χ1) is 10.1. The highest BCUT2D eigenvalue weighted by Crippen LogP contribution is 2.36. The van der Waals surface area contributed by atoms with Gasteiger partial charge in [-0.2, -0.15) is 0 Å². The predicted molar refractivity (Wildman–Crippen MR) is 83.3 cm³/mol. The monoisotopic (exact) mass is 329 g/mol. The molecule has 1 N–H and O–H groups in total. The first-order valence-electron chi connectivity index (χ1n) is 6.15. The zero-order chi connectivity index (χ0) is 15.4. The maximum Gasteiger partial charge on any atom is 0.162 e. The van der Waals surface area contributed by atoms with Crippen LogP contribution in [0.5, 0.6) is 11.5 Å². The Bertz CT molecular complexity index is 630. The van der Waals surface area contributed by atoms with Crippen molar-refractivity contribution in [2.24, 2.45) is 0 Å². The van der Waals surface area contributed by atoms with E-state index in [4.69, 9.17) is 32.7 Å². The van der Waals surface area contributed by atoms with Crippen LogP contribution in [-0.4, -0.2) is 14.2 Å². The number of nitrogens with one attached hydrogen (secondary N) is 1. The standard InChI is InChI=1S/C15H14Cl2FNO2/c1-20-14-6-11(17)13(7-15(14)21-2)19-8-9-10(16)4-3-5-12(9)18/h3-7,19H,8H2,1-2H3. The summed E-state index contributed by atoms with van der Waals surface area (Å²) in [6.07, 6.45) is 0. The lowest BCUT2D eigenvalue weighted by atomic mass is 10.2. The second-order valence-corrected chi connectivity index (χ2v) is 5.06. The second-order valence-electron chi connectivity index (χ2n) is 4.24. The SMILES string of the molecule is COc1cc(Cl)c(NCc2c(F)cccc2Cl)cc1OC. The summed E-state index contributed by atoms with van der Waals surface area (Å²) in [6, 6.07) is 7.88. The molecule has 0 aliphatic rings. The number of rotatable bonds is 5. The van der Waals surface area contributed by atoms with E-state index in [-0.39, 0.29) is 12.4 Å². The molecule has 0 unspecified atom stereocenters. The van der Waals surface area contributed by atoms with Crippen LogP contribution in [0.15, 0.2) is 30.3 Å². The molecule has 0 saturated carbocycles. The number of ether oxygens (including phenoxy) is 2. The largest absolute Gasteiger partial charge is 0.493 e. The second kappa shape index (κ2) is 6.87. The van der Waals surface area contributed by atoms with Crippen LogP contribution in [0.3, 0.4) is 0 Å². The molecular weight excluding hydrogens is 316 g/mol. The van der Waals surface area contributed by atoms with E-state index in [0.29, 0.717) is 32.8 Å². The quantitative estimate of drug-likeness (QED) is 0.857. The molecule has 0 radical (unpaired) electrons. The van der Waals surface area contributed by atoms with Crippen molar-refractivity contribution in [2.45, 2.75) is 6.54 Å². The molecule has 2 aromatic rings. The van der Waals surface area contributed by atoms with Gasteiger partial charge in [0.25, 0.3) is 0 Å². The summed E-state index contributed by atoms with van der Waals surface area (Å²) in [4.78, 5) is 0. The molecule has 0 spiro atoms. The minimum atomic E-state index is -0.369. The van der Waals surface area contributed by atoms with Crippen molar-refractivity contribution in [3.8, 4) is 11.5 Å². The number of methoxy groups -OCH3 is 2. The normalized spacial score (nSPS) is 10.3. The molecule has 2 aromatic carbocycles. The Morgan fingerprint density at radius 2 is 1.71 bits per heavy atom. The van der Waals surface area contributed by atoms with Gasteiger partial charge in [0.2, 0.25) is 0 Å². The summed E-state index contributed by atoms with van der Waals surface area (Å²) in [6.45, 7) is 0.209. The van der Waals surface area contributed by atoms with Crippen LogP contribution in [0.25, 0.3) is 0 Å². The lowest BCUT2D eigenvalue weighted by Gasteiger charge is -2.14. The van der Waals surface area contributed by atoms with Gasteiger partial charge in [-0.25, -0.2) is 4.39 Å². The van der Waals surface area contributed by atoms with E-state index in [0.717, 1.165) is 0 Å². The molecule has 0 bridgehead atoms. The van der Waals surface area contributed by atoms with Crippen molar-refractivity contribution in [2.75, 3.05) is 19.5 Å². The highest BCUT2D eigenvalue weighted by atomic mass is 35.5. The molecule has 0 amide bonds. The highest BCUT2D eigenvalue weighted by Gasteiger charge is 2.11. The Kier molecular flexibility index (Phi) is 5.15. The molecule has 0 heterocycles. The topological polar surface area (TPSA) is 30.5 Å². The Morgan fingerprint density at radius 1 is 1.05 bits per heavy atom. The van der Waals surface area contributed by atoms with Crippen molar-refractivity contribution in [3.05, 3.63) is 51.8 Å². The average molecular weight is 330 g/mol. The van der Waals surface area contributed by atoms with Crippen LogP contribution >= 0.6 is 23.2 Å². The lowest BCUT2D eigenvalue weighted by Crippen LogP contribution is -2.04. The highest BCUT2D eigenvalue weighted by molar-refractivity contribution is 6.33. The third-order valence-electron chi connectivity index (χ3n) is 2.99. The van der Waals surface area contributed by atoms with Gasteiger partial charge < -0.3 is 14.8 Å². The number of benzene rings is 2. The van der Waals surface area contributed by atoms with Gasteiger partial charge >= 0.3 is 0 Å². The van der Waals surface area contributed by atoms with Crippen LogP contribution < -0.4 is 14.8 Å². The van der Waals surface area contributed by atoms with Crippen LogP contribution in [0.4, 0.5) is 10.1 Å². The molecular formula is C15H14Cl2FNO2. The lowest BCUT2D eigenvalue weighted by molar-refractivity contribution is 0.355. The van der Waals surface area contributed by atoms with Crippen LogP contribution in [-0.2, 0) is 6.54 Å². The minimum Gasteiger partial charge on any atom is -0.493 e. The van der Waals surface area contributed by atoms with Crippen LogP contribution in [0, 0.1) is 5.82 Å². The van der Waals surface area contributed by atoms with Gasteiger partial charge in [-0.15, -0.1) is 0 Å². The summed E-state index contributed by atoms with van der Waals surface area (Å²) < 4.78 is 24.1. The molecule has 112 valence electrons. The van der Waals surface area contributed by atoms with Crippen LogP contribution in [0.2, 0.25) is 10.0 Å². The molecule has 6 heteroatoms. The molecule has 3 nitrogen and oxygen atoms in total. The Hall–Kier alpha value is -1.65. The van der Waals surface area contributed by atoms with E-state index in [1.54, 1.807) is 24.3 Å². The summed E-state index contributed by atoms with van der Waals surface area (Å²) in [5.74, 6) is 0.688. The van der Waals surface area contributed by atoms with Gasteiger partial charge in [-0.1, -0.05) is 29.3 Å². The van der Waals surface area contributed by atoms with E-state index >= 15 is 0 Å². The fraction of sp³-hybridized carbons (Fsp3) is 0.200. The molecule has 21 heavy (non-hydrogen) atoms. The van der Waals surface area contributed by atoms with E-state index in [1.165, 1.54) is 20.3 Å². The van der Waals surface area contributed by atoms with Crippen molar-refractivity contribution in [1.82, 2.24) is 0 Å². The number of anilines is 1. The average Bonchev–Trinajstić information content (AvgIpc) is 2.47. The fourth-order valence-corrected chi connectivity index (χ4v) is 2.32. The summed E-state index contributed by atoms with van der Waals surface area (Å²) in [5, 5.41) is 3.85. The van der Waals surface area contributed by atoms with Gasteiger partial charge in [-0.3, -0.25) is 0 Å². The zero-order valence-corrected chi connectivity index (χ0v) is 13.1. The molecule has 0 aliphatic heterocycles. The number of halogens is 3. The molecule has 0 saturated heterocycles. The Balaban J connectivity index is 2.24. The smallest absolute Gasteiger partial charge is 0.162 e. The summed E-state index contributed by atoms with van der Waals surface area (Å²) >= 11 is 12.1. The van der Waals surface area contributed by atoms with E-state index in [9.17, 15) is 4.39 Å².